The van der Waals surface area contributed by atoms with Crippen LogP contribution >= 0.6 is 0 Å². The van der Waals surface area contributed by atoms with Crippen LogP contribution in [0.25, 0.3) is 0 Å². The fourth-order valence-electron chi connectivity index (χ4n) is 4.53. The molecular formula is C20H38O3. The van der Waals surface area contributed by atoms with E-state index < -0.39 is 0 Å². The van der Waals surface area contributed by atoms with E-state index in [0.717, 1.165) is 19.3 Å². The van der Waals surface area contributed by atoms with Gasteiger partial charge in [-0.05, 0) is 38.0 Å². The lowest BCUT2D eigenvalue weighted by Gasteiger charge is -2.45. The average Bonchev–Trinajstić information content (AvgIpc) is 2.79. The Labute approximate surface area is 143 Å². The highest BCUT2D eigenvalue weighted by Crippen LogP contribution is 2.44. The summed E-state index contributed by atoms with van der Waals surface area (Å²) in [5, 5.41) is 0. The Morgan fingerprint density at radius 2 is 1.43 bits per heavy atom. The molecule has 2 fully saturated rings. The van der Waals surface area contributed by atoms with Crippen molar-refractivity contribution in [3.63, 3.8) is 0 Å². The first-order chi connectivity index (χ1) is 10.8. The Balaban J connectivity index is 2.15. The van der Waals surface area contributed by atoms with Gasteiger partial charge >= 0.3 is 0 Å². The molecule has 0 radical (unpaired) electrons. The molecule has 9 unspecified atom stereocenters. The molecule has 0 aromatic heterocycles. The Morgan fingerprint density at radius 3 is 1.96 bits per heavy atom. The average molecular weight is 327 g/mol. The summed E-state index contributed by atoms with van der Waals surface area (Å²) in [4.78, 5) is 0. The molecule has 2 rings (SSSR count). The molecule has 0 N–H and O–H groups in total. The Kier molecular flexibility index (Phi) is 6.19. The van der Waals surface area contributed by atoms with Gasteiger partial charge in [-0.2, -0.15) is 0 Å². The topological polar surface area (TPSA) is 27.7 Å². The molecule has 0 aromatic carbocycles. The van der Waals surface area contributed by atoms with Gasteiger partial charge in [0.25, 0.3) is 0 Å². The van der Waals surface area contributed by atoms with Crippen LogP contribution in [-0.2, 0) is 14.2 Å². The summed E-state index contributed by atoms with van der Waals surface area (Å²) in [7, 11) is 0. The van der Waals surface area contributed by atoms with Crippen LogP contribution in [0.2, 0.25) is 0 Å². The lowest BCUT2D eigenvalue weighted by Crippen LogP contribution is -2.50. The van der Waals surface area contributed by atoms with Gasteiger partial charge < -0.3 is 14.2 Å². The lowest BCUT2D eigenvalue weighted by atomic mass is 9.78. The van der Waals surface area contributed by atoms with E-state index in [1.165, 1.54) is 0 Å². The van der Waals surface area contributed by atoms with Crippen LogP contribution in [0.5, 0.6) is 0 Å². The number of rotatable bonds is 5. The van der Waals surface area contributed by atoms with Crippen LogP contribution in [-0.4, -0.2) is 30.2 Å². The van der Waals surface area contributed by atoms with Gasteiger partial charge in [-0.3, -0.25) is 0 Å². The molecule has 0 bridgehead atoms. The van der Waals surface area contributed by atoms with Crippen molar-refractivity contribution in [3.05, 3.63) is 0 Å². The fourth-order valence-corrected chi connectivity index (χ4v) is 4.53. The molecule has 9 atom stereocenters. The predicted octanol–water partition coefficient (Wildman–Crippen LogP) is 5.03. The molecule has 0 amide bonds. The Hall–Kier alpha value is -0.120. The largest absolute Gasteiger partial charge is 0.369 e. The highest BCUT2D eigenvalue weighted by atomic mass is 16.7. The van der Waals surface area contributed by atoms with Gasteiger partial charge in [-0.15, -0.1) is 0 Å². The molecular weight excluding hydrogens is 288 g/mol. The molecule has 0 aromatic rings. The van der Waals surface area contributed by atoms with Crippen molar-refractivity contribution < 1.29 is 14.2 Å². The van der Waals surface area contributed by atoms with Crippen LogP contribution in [0.15, 0.2) is 0 Å². The van der Waals surface area contributed by atoms with Crippen molar-refractivity contribution >= 4 is 0 Å². The van der Waals surface area contributed by atoms with E-state index >= 15 is 0 Å². The molecule has 2 aliphatic heterocycles. The third-order valence-corrected chi connectivity index (χ3v) is 6.86. The Morgan fingerprint density at radius 1 is 0.826 bits per heavy atom. The molecule has 2 heterocycles. The molecule has 3 nitrogen and oxygen atoms in total. The maximum absolute atomic E-state index is 6.62. The minimum Gasteiger partial charge on any atom is -0.369 e. The van der Waals surface area contributed by atoms with E-state index in [2.05, 4.69) is 55.4 Å². The zero-order valence-electron chi connectivity index (χ0n) is 16.5. The zero-order chi connectivity index (χ0) is 17.4. The maximum Gasteiger partial charge on any atom is 0.161 e. The first kappa shape index (κ1) is 19.2. The van der Waals surface area contributed by atoms with Gasteiger partial charge in [-0.25, -0.2) is 0 Å². The molecule has 0 aliphatic carbocycles. The second-order valence-electron chi connectivity index (χ2n) is 8.18. The second-order valence-corrected chi connectivity index (χ2v) is 8.18. The van der Waals surface area contributed by atoms with E-state index in [9.17, 15) is 0 Å². The van der Waals surface area contributed by atoms with E-state index in [1.54, 1.807) is 0 Å². The first-order valence-corrected chi connectivity index (χ1v) is 9.77. The van der Waals surface area contributed by atoms with E-state index in [0.29, 0.717) is 35.9 Å². The molecule has 2 aliphatic rings. The van der Waals surface area contributed by atoms with Crippen LogP contribution in [0.4, 0.5) is 0 Å². The lowest BCUT2D eigenvalue weighted by molar-refractivity contribution is -0.279. The highest BCUT2D eigenvalue weighted by molar-refractivity contribution is 4.98. The molecule has 23 heavy (non-hydrogen) atoms. The molecule has 0 saturated carbocycles. The van der Waals surface area contributed by atoms with E-state index in [-0.39, 0.29) is 18.0 Å². The second kappa shape index (κ2) is 7.41. The highest BCUT2D eigenvalue weighted by Gasteiger charge is 2.51. The van der Waals surface area contributed by atoms with Crippen molar-refractivity contribution in [2.24, 2.45) is 23.7 Å². The monoisotopic (exact) mass is 326 g/mol. The number of hydrogen-bond donors (Lipinski definition) is 0. The third-order valence-electron chi connectivity index (χ3n) is 6.86. The third kappa shape index (κ3) is 3.48. The summed E-state index contributed by atoms with van der Waals surface area (Å²) in [6, 6.07) is 0. The molecule has 136 valence electrons. The summed E-state index contributed by atoms with van der Waals surface area (Å²) in [5.41, 5.74) is -0.197. The van der Waals surface area contributed by atoms with E-state index in [4.69, 9.17) is 14.2 Å². The summed E-state index contributed by atoms with van der Waals surface area (Å²) >= 11 is 0. The minimum absolute atomic E-state index is 0.108. The first-order valence-electron chi connectivity index (χ1n) is 9.77. The van der Waals surface area contributed by atoms with Gasteiger partial charge in [0.2, 0.25) is 0 Å². The predicted molar refractivity (Wildman–Crippen MR) is 94.3 cm³/mol. The maximum atomic E-state index is 6.62. The van der Waals surface area contributed by atoms with Gasteiger partial charge in [0.05, 0.1) is 23.9 Å². The van der Waals surface area contributed by atoms with Gasteiger partial charge in [0.15, 0.2) is 6.29 Å². The van der Waals surface area contributed by atoms with Gasteiger partial charge in [0, 0.05) is 11.8 Å². The van der Waals surface area contributed by atoms with Crippen molar-refractivity contribution in [1.82, 2.24) is 0 Å². The normalized spacial score (nSPS) is 51.1. The van der Waals surface area contributed by atoms with Crippen LogP contribution < -0.4 is 0 Å². The molecule has 0 spiro atoms. The summed E-state index contributed by atoms with van der Waals surface area (Å²) in [6.45, 7) is 18.0. The Bertz CT molecular complexity index is 383. The summed E-state index contributed by atoms with van der Waals surface area (Å²) in [6.07, 6.45) is 3.68. The zero-order valence-corrected chi connectivity index (χ0v) is 16.5. The van der Waals surface area contributed by atoms with Crippen molar-refractivity contribution in [2.45, 2.75) is 105 Å². The van der Waals surface area contributed by atoms with Crippen molar-refractivity contribution in [2.75, 3.05) is 0 Å². The van der Waals surface area contributed by atoms with Crippen molar-refractivity contribution in [1.29, 1.82) is 0 Å². The van der Waals surface area contributed by atoms with Gasteiger partial charge in [-0.1, -0.05) is 48.5 Å². The minimum atomic E-state index is -0.197. The number of ether oxygens (including phenoxy) is 3. The number of hydrogen-bond acceptors (Lipinski definition) is 3. The standard InChI is InChI=1S/C20H38O3/c1-9-16-13(5)12(4)14(6)19(21-16)22-18-15(7)17(10-2)23-20(18,8)11-3/h12-19H,9-11H2,1-8H3. The smallest absolute Gasteiger partial charge is 0.161 e. The quantitative estimate of drug-likeness (QED) is 0.709. The van der Waals surface area contributed by atoms with E-state index in [1.807, 2.05) is 0 Å². The van der Waals surface area contributed by atoms with Crippen molar-refractivity contribution in [3.8, 4) is 0 Å². The van der Waals surface area contributed by atoms with Gasteiger partial charge in [0.1, 0.15) is 0 Å². The summed E-state index contributed by atoms with van der Waals surface area (Å²) in [5.74, 6) is 2.04. The van der Waals surface area contributed by atoms with Crippen LogP contribution in [0.1, 0.15) is 74.7 Å². The molecule has 3 heteroatoms. The van der Waals surface area contributed by atoms with Crippen LogP contribution in [0, 0.1) is 23.7 Å². The van der Waals surface area contributed by atoms with Crippen LogP contribution in [0.3, 0.4) is 0 Å². The summed E-state index contributed by atoms with van der Waals surface area (Å²) < 4.78 is 19.4. The SMILES string of the molecule is CCC1OC(OC2C(C)C(CC)OC2(C)CC)C(C)C(C)C1C. The fraction of sp³-hybridized carbons (Fsp3) is 1.00. The molecule has 2 saturated heterocycles.